The van der Waals surface area contributed by atoms with Crippen LogP contribution in [0.5, 0.6) is 0 Å². The first-order valence-electron chi connectivity index (χ1n) is 7.13. The van der Waals surface area contributed by atoms with Gasteiger partial charge in [0, 0.05) is 19.8 Å². The fraction of sp³-hybridized carbons (Fsp3) is 0.467. The van der Waals surface area contributed by atoms with Crippen LogP contribution in [0.4, 0.5) is 23.7 Å². The molecule has 0 aliphatic carbocycles. The van der Waals surface area contributed by atoms with Crippen molar-refractivity contribution in [1.82, 2.24) is 10.6 Å². The highest BCUT2D eigenvalue weighted by molar-refractivity contribution is 5.86. The third kappa shape index (κ3) is 3.03. The van der Waals surface area contributed by atoms with Crippen LogP contribution >= 0.6 is 0 Å². The van der Waals surface area contributed by atoms with Crippen LogP contribution in [0, 0.1) is 5.92 Å². The van der Waals surface area contributed by atoms with Gasteiger partial charge in [-0.3, -0.25) is 4.79 Å². The fourth-order valence-corrected chi connectivity index (χ4v) is 2.78. The van der Waals surface area contributed by atoms with Crippen molar-refractivity contribution in [1.29, 1.82) is 0 Å². The molecule has 0 bridgehead atoms. The zero-order chi connectivity index (χ0) is 18.3. The molecule has 1 fully saturated rings. The first kappa shape index (κ1) is 18.1. The van der Waals surface area contributed by atoms with E-state index in [2.05, 4.69) is 5.32 Å². The minimum absolute atomic E-state index is 0.290. The molecular weight excluding hydrogens is 327 g/mol. The molecule has 0 spiro atoms. The Labute approximate surface area is 136 Å². The summed E-state index contributed by atoms with van der Waals surface area (Å²) in [5, 5.41) is 13.8. The van der Waals surface area contributed by atoms with Gasteiger partial charge in [-0.15, -0.1) is 0 Å². The number of amides is 2. The van der Waals surface area contributed by atoms with E-state index in [0.717, 1.165) is 12.6 Å². The molecule has 1 saturated heterocycles. The lowest BCUT2D eigenvalue weighted by atomic mass is 9.79. The third-order valence-electron chi connectivity index (χ3n) is 4.01. The number of rotatable bonds is 3. The number of benzene rings is 1. The Morgan fingerprint density at radius 3 is 2.21 bits per heavy atom. The molecule has 0 unspecified atom stereocenters. The number of ketones is 1. The summed E-state index contributed by atoms with van der Waals surface area (Å²) in [7, 11) is 3.59. The van der Waals surface area contributed by atoms with Gasteiger partial charge in [0.15, 0.2) is 0 Å². The smallest absolute Gasteiger partial charge is 0.378 e. The van der Waals surface area contributed by atoms with Crippen LogP contribution in [0.25, 0.3) is 0 Å². The number of anilines is 1. The largest absolute Gasteiger partial charge is 0.437 e. The number of halogens is 3. The SMILES string of the molecule is CC(=O)[C@@H]1[C@@H](c2ccc(N(C)C)cc2)NC(=O)N[C@]1(O)C(F)(F)F. The Morgan fingerprint density at radius 1 is 1.25 bits per heavy atom. The van der Waals surface area contributed by atoms with Gasteiger partial charge in [-0.05, 0) is 24.6 Å². The van der Waals surface area contributed by atoms with Crippen molar-refractivity contribution in [2.75, 3.05) is 19.0 Å². The van der Waals surface area contributed by atoms with Crippen LogP contribution in [-0.2, 0) is 4.79 Å². The van der Waals surface area contributed by atoms with Crippen LogP contribution in [0.2, 0.25) is 0 Å². The molecule has 2 amide bonds. The van der Waals surface area contributed by atoms with Crippen LogP contribution in [-0.4, -0.2) is 42.9 Å². The Kier molecular flexibility index (Phi) is 4.49. The molecule has 3 N–H and O–H groups in total. The molecular formula is C15H18F3N3O3. The maximum atomic E-state index is 13.3. The zero-order valence-corrected chi connectivity index (χ0v) is 13.3. The molecule has 0 radical (unpaired) electrons. The summed E-state index contributed by atoms with van der Waals surface area (Å²) in [5.41, 5.74) is -2.55. The van der Waals surface area contributed by atoms with E-state index in [4.69, 9.17) is 0 Å². The Bertz CT molecular complexity index is 646. The maximum absolute atomic E-state index is 13.3. The minimum Gasteiger partial charge on any atom is -0.378 e. The predicted octanol–water partition coefficient (Wildman–Crippen LogP) is 1.56. The molecule has 0 saturated carbocycles. The number of hydrogen-bond acceptors (Lipinski definition) is 4. The number of alkyl halides is 3. The van der Waals surface area contributed by atoms with E-state index < -0.39 is 35.7 Å². The van der Waals surface area contributed by atoms with E-state index in [1.807, 2.05) is 0 Å². The molecule has 132 valence electrons. The standard InChI is InChI=1S/C15H18F3N3O3/c1-8(22)11-12(9-4-6-10(7-5-9)21(2)3)19-13(23)20-14(11,24)15(16,17)18/h4-7,11-12,24H,1-3H3,(H2,19,20,23)/t11-,12-,14-/m1/s1. The first-order chi connectivity index (χ1) is 11.0. The molecule has 1 aliphatic heterocycles. The number of nitrogens with one attached hydrogen (secondary N) is 2. The second-order valence-electron chi connectivity index (χ2n) is 5.91. The van der Waals surface area contributed by atoms with Crippen LogP contribution in [0.1, 0.15) is 18.5 Å². The van der Waals surface area contributed by atoms with Crippen LogP contribution < -0.4 is 15.5 Å². The van der Waals surface area contributed by atoms with E-state index in [9.17, 15) is 27.9 Å². The highest BCUT2D eigenvalue weighted by Gasteiger charge is 2.65. The highest BCUT2D eigenvalue weighted by atomic mass is 19.4. The van der Waals surface area contributed by atoms with Gasteiger partial charge in [-0.2, -0.15) is 13.2 Å². The number of urea groups is 1. The third-order valence-corrected chi connectivity index (χ3v) is 4.01. The Balaban J connectivity index is 2.50. The minimum atomic E-state index is -5.21. The molecule has 9 heteroatoms. The number of hydrogen-bond donors (Lipinski definition) is 3. The summed E-state index contributed by atoms with van der Waals surface area (Å²) < 4.78 is 40.0. The molecule has 6 nitrogen and oxygen atoms in total. The number of nitrogens with zero attached hydrogens (tertiary/aromatic N) is 1. The highest BCUT2D eigenvalue weighted by Crippen LogP contribution is 2.42. The Morgan fingerprint density at radius 2 is 1.79 bits per heavy atom. The summed E-state index contributed by atoms with van der Waals surface area (Å²) in [5.74, 6) is -2.82. The van der Waals surface area contributed by atoms with Crippen molar-refractivity contribution in [2.24, 2.45) is 5.92 Å². The average Bonchev–Trinajstić information content (AvgIpc) is 2.44. The number of aliphatic hydroxyl groups is 1. The van der Waals surface area contributed by atoms with E-state index in [1.54, 1.807) is 31.1 Å². The van der Waals surface area contributed by atoms with E-state index in [0.29, 0.717) is 5.56 Å². The first-order valence-corrected chi connectivity index (χ1v) is 7.13. The van der Waals surface area contributed by atoms with Gasteiger partial charge in [0.1, 0.15) is 5.78 Å². The zero-order valence-electron chi connectivity index (χ0n) is 13.3. The molecule has 1 aromatic rings. The normalized spacial score (nSPS) is 27.2. The number of Topliss-reactive ketones (excluding diaryl/α,β-unsaturated/α-hetero) is 1. The fourth-order valence-electron chi connectivity index (χ4n) is 2.78. The van der Waals surface area contributed by atoms with Crippen molar-refractivity contribution in [3.63, 3.8) is 0 Å². The van der Waals surface area contributed by atoms with Gasteiger partial charge in [0.05, 0.1) is 12.0 Å². The summed E-state index contributed by atoms with van der Waals surface area (Å²) in [6.45, 7) is 0.946. The van der Waals surface area contributed by atoms with Crippen molar-refractivity contribution < 1.29 is 27.9 Å². The van der Waals surface area contributed by atoms with E-state index in [-0.39, 0.29) is 0 Å². The second-order valence-corrected chi connectivity index (χ2v) is 5.91. The van der Waals surface area contributed by atoms with Gasteiger partial charge in [-0.1, -0.05) is 12.1 Å². The Hall–Kier alpha value is -2.29. The number of carbonyl (C=O) groups excluding carboxylic acids is 2. The van der Waals surface area contributed by atoms with Gasteiger partial charge >= 0.3 is 12.2 Å². The van der Waals surface area contributed by atoms with Crippen LogP contribution in [0.3, 0.4) is 0 Å². The van der Waals surface area contributed by atoms with Gasteiger partial charge in [-0.25, -0.2) is 4.79 Å². The van der Waals surface area contributed by atoms with Crippen LogP contribution in [0.15, 0.2) is 24.3 Å². The molecule has 1 aromatic carbocycles. The van der Waals surface area contributed by atoms with Gasteiger partial charge in [0.2, 0.25) is 5.72 Å². The lowest BCUT2D eigenvalue weighted by Gasteiger charge is -2.44. The van der Waals surface area contributed by atoms with E-state index in [1.165, 1.54) is 17.4 Å². The molecule has 1 heterocycles. The van der Waals surface area contributed by atoms with Gasteiger partial charge in [0.25, 0.3) is 0 Å². The summed E-state index contributed by atoms with van der Waals surface area (Å²) >= 11 is 0. The van der Waals surface area contributed by atoms with Crippen molar-refractivity contribution in [3.05, 3.63) is 29.8 Å². The summed E-state index contributed by atoms with van der Waals surface area (Å²) in [6.07, 6.45) is -5.21. The van der Waals surface area contributed by atoms with Gasteiger partial charge < -0.3 is 20.6 Å². The monoisotopic (exact) mass is 345 g/mol. The average molecular weight is 345 g/mol. The quantitative estimate of drug-likeness (QED) is 0.777. The van der Waals surface area contributed by atoms with Crippen molar-refractivity contribution in [3.8, 4) is 0 Å². The lowest BCUT2D eigenvalue weighted by molar-refractivity contribution is -0.290. The predicted molar refractivity (Wildman–Crippen MR) is 80.4 cm³/mol. The maximum Gasteiger partial charge on any atom is 0.437 e. The topological polar surface area (TPSA) is 81.7 Å². The summed E-state index contributed by atoms with van der Waals surface area (Å²) in [4.78, 5) is 25.3. The number of carbonyl (C=O) groups is 2. The lowest BCUT2D eigenvalue weighted by Crippen LogP contribution is -2.72. The molecule has 3 atom stereocenters. The molecule has 24 heavy (non-hydrogen) atoms. The molecule has 1 aliphatic rings. The summed E-state index contributed by atoms with van der Waals surface area (Å²) in [6, 6.07) is 3.81. The molecule has 2 rings (SSSR count). The molecule has 0 aromatic heterocycles. The van der Waals surface area contributed by atoms with Crippen molar-refractivity contribution >= 4 is 17.5 Å². The van der Waals surface area contributed by atoms with Crippen molar-refractivity contribution in [2.45, 2.75) is 24.9 Å². The second kappa shape index (κ2) is 5.97. The van der Waals surface area contributed by atoms with E-state index >= 15 is 0 Å².